The van der Waals surface area contributed by atoms with E-state index < -0.39 is 116 Å². The Morgan fingerprint density at radius 1 is 0.719 bits per heavy atom. The summed E-state index contributed by atoms with van der Waals surface area (Å²) in [5, 5.41) is 108. The lowest BCUT2D eigenvalue weighted by Gasteiger charge is -2.71. The maximum Gasteiger partial charge on any atom is 0.310 e. The zero-order chi connectivity index (χ0) is 46.7. The summed E-state index contributed by atoms with van der Waals surface area (Å²) in [7, 11) is 0. The molecule has 8 aliphatic rings. The highest BCUT2D eigenvalue weighted by molar-refractivity contribution is 5.76. The number of hydrogen-bond donors (Lipinski definition) is 10. The Hall–Kier alpha value is -1.39. The van der Waals surface area contributed by atoms with Crippen molar-refractivity contribution < 1.29 is 84.3 Å². The third kappa shape index (κ3) is 7.49. The Morgan fingerprint density at radius 2 is 1.38 bits per heavy atom. The van der Waals surface area contributed by atoms with Gasteiger partial charge in [0.15, 0.2) is 18.9 Å². The molecule has 0 aromatic carbocycles. The normalized spacial score (nSPS) is 55.0. The Morgan fingerprint density at radius 3 is 2.03 bits per heavy atom. The van der Waals surface area contributed by atoms with Crippen molar-refractivity contribution in [3.63, 3.8) is 0 Å². The molecule has 0 amide bonds. The first-order chi connectivity index (χ1) is 29.9. The van der Waals surface area contributed by atoms with Crippen LogP contribution in [0.15, 0.2) is 11.6 Å². The van der Waals surface area contributed by atoms with Crippen LogP contribution < -0.4 is 0 Å². The largest absolute Gasteiger partial charge is 0.481 e. The molecule has 17 heteroatoms. The van der Waals surface area contributed by atoms with Crippen molar-refractivity contribution in [1.29, 1.82) is 0 Å². The van der Waals surface area contributed by atoms with E-state index in [0.29, 0.717) is 19.3 Å². The van der Waals surface area contributed by atoms with E-state index in [2.05, 4.69) is 40.7 Å². The Balaban J connectivity index is 1.05. The summed E-state index contributed by atoms with van der Waals surface area (Å²) >= 11 is 0. The first-order valence-electron chi connectivity index (χ1n) is 23.7. The van der Waals surface area contributed by atoms with Crippen LogP contribution in [0.5, 0.6) is 0 Å². The number of fused-ring (bicyclic) bond motifs is 7. The van der Waals surface area contributed by atoms with Crippen LogP contribution in [0.2, 0.25) is 0 Å². The maximum atomic E-state index is 13.1. The molecule has 0 bridgehead atoms. The van der Waals surface area contributed by atoms with Crippen LogP contribution in [0.1, 0.15) is 113 Å². The van der Waals surface area contributed by atoms with E-state index in [4.69, 9.17) is 28.4 Å². The van der Waals surface area contributed by atoms with Crippen molar-refractivity contribution in [1.82, 2.24) is 0 Å². The molecular formula is C47H76O17. The molecule has 0 aromatic heterocycles. The minimum atomic E-state index is -1.77. The number of rotatable bonds is 9. The molecular weight excluding hydrogens is 837 g/mol. The van der Waals surface area contributed by atoms with Crippen LogP contribution in [-0.4, -0.2) is 169 Å². The average molecular weight is 913 g/mol. The van der Waals surface area contributed by atoms with Crippen molar-refractivity contribution >= 4 is 5.97 Å². The van der Waals surface area contributed by atoms with E-state index in [1.807, 2.05) is 6.92 Å². The van der Waals surface area contributed by atoms with Gasteiger partial charge in [-0.25, -0.2) is 0 Å². The summed E-state index contributed by atoms with van der Waals surface area (Å²) in [6, 6.07) is 0. The maximum absolute atomic E-state index is 13.1. The molecule has 8 rings (SSSR count). The van der Waals surface area contributed by atoms with E-state index in [1.54, 1.807) is 0 Å². The van der Waals surface area contributed by atoms with Gasteiger partial charge in [-0.05, 0) is 111 Å². The topological polar surface area (TPSA) is 275 Å². The van der Waals surface area contributed by atoms with Gasteiger partial charge in [-0.3, -0.25) is 4.79 Å². The fourth-order valence-corrected chi connectivity index (χ4v) is 14.8. The average Bonchev–Trinajstić information content (AvgIpc) is 3.24. The number of ether oxygens (including phenoxy) is 6. The van der Waals surface area contributed by atoms with Gasteiger partial charge in [0, 0.05) is 5.41 Å². The quantitative estimate of drug-likeness (QED) is 0.116. The highest BCUT2D eigenvalue weighted by atomic mass is 16.8. The predicted octanol–water partition coefficient (Wildman–Crippen LogP) is 1.35. The summed E-state index contributed by atoms with van der Waals surface area (Å²) in [5.41, 5.74) is -0.704. The first-order valence-corrected chi connectivity index (χ1v) is 23.7. The van der Waals surface area contributed by atoms with Gasteiger partial charge in [0.25, 0.3) is 0 Å². The molecule has 3 aliphatic heterocycles. The third-order valence-corrected chi connectivity index (χ3v) is 19.1. The number of allylic oxidation sites excluding steroid dienone is 2. The van der Waals surface area contributed by atoms with Crippen molar-refractivity contribution in [2.45, 2.75) is 205 Å². The third-order valence-electron chi connectivity index (χ3n) is 19.1. The van der Waals surface area contributed by atoms with E-state index in [1.165, 1.54) is 12.5 Å². The van der Waals surface area contributed by atoms with Gasteiger partial charge in [-0.1, -0.05) is 53.2 Å². The molecule has 7 fully saturated rings. The van der Waals surface area contributed by atoms with Crippen molar-refractivity contribution in [2.75, 3.05) is 19.8 Å². The monoisotopic (exact) mass is 913 g/mol. The summed E-state index contributed by atoms with van der Waals surface area (Å²) < 4.78 is 36.5. The molecule has 64 heavy (non-hydrogen) atoms. The van der Waals surface area contributed by atoms with Crippen LogP contribution in [-0.2, 0) is 33.2 Å². The van der Waals surface area contributed by atoms with Gasteiger partial charge < -0.3 is 79.5 Å². The molecule has 5 aliphatic carbocycles. The zero-order valence-corrected chi connectivity index (χ0v) is 38.5. The van der Waals surface area contributed by atoms with Gasteiger partial charge in [0.05, 0.1) is 37.4 Å². The standard InChI is InChI=1S/C47H76O17/c1-22-30(50)33(53)35(55)38(60-22)64-37-32(52)26(62-39-36(56)34(54)31(51)25(19-48)61-39)20-59-40(37)63-29-11-12-43(4)27(44(29,5)21-49)10-13-46(7)28(43)9-8-23-24-18-42(2,3)14-16-47(24,41(57)58)17-15-45(23,46)6/h8,22,24-40,48-56H,9-21H2,1-7H3,(H,57,58)/t22-,24-,25+,26-,27+,28+,29-,30-,31+,32-,33+,34-,35+,36+,37+,38-,39-,40-,43-,44-,45+,46+,47+/m0/s1. The molecule has 0 unspecified atom stereocenters. The fourth-order valence-electron chi connectivity index (χ4n) is 14.8. The Kier molecular flexibility index (Phi) is 13.2. The Bertz CT molecular complexity index is 1750. The summed E-state index contributed by atoms with van der Waals surface area (Å²) in [5.74, 6) is -0.441. The molecule has 0 spiro atoms. The summed E-state index contributed by atoms with van der Waals surface area (Å²) in [6.45, 7) is 14.0. The van der Waals surface area contributed by atoms with Crippen molar-refractivity contribution in [2.24, 2.45) is 50.2 Å². The smallest absolute Gasteiger partial charge is 0.310 e. The summed E-state index contributed by atoms with van der Waals surface area (Å²) in [4.78, 5) is 13.1. The van der Waals surface area contributed by atoms with E-state index in [9.17, 15) is 55.9 Å². The molecule has 10 N–H and O–H groups in total. The molecule has 23 atom stereocenters. The number of carboxylic acid groups (broad SMARTS) is 1. The molecule has 0 aromatic rings. The number of aliphatic carboxylic acids is 1. The van der Waals surface area contributed by atoms with Crippen LogP contribution in [0.25, 0.3) is 0 Å². The molecule has 4 saturated carbocycles. The number of hydrogen-bond acceptors (Lipinski definition) is 16. The van der Waals surface area contributed by atoms with Crippen LogP contribution in [0.3, 0.4) is 0 Å². The van der Waals surface area contributed by atoms with Crippen molar-refractivity contribution in [3.05, 3.63) is 11.6 Å². The lowest BCUT2D eigenvalue weighted by molar-refractivity contribution is -0.381. The zero-order valence-electron chi connectivity index (χ0n) is 38.5. The van der Waals surface area contributed by atoms with Crippen LogP contribution in [0.4, 0.5) is 0 Å². The molecule has 0 radical (unpaired) electrons. The number of aliphatic hydroxyl groups excluding tert-OH is 9. The highest BCUT2D eigenvalue weighted by Crippen LogP contribution is 2.76. The first kappa shape index (κ1) is 49.0. The molecule has 17 nitrogen and oxygen atoms in total. The number of carbonyl (C=O) groups is 1. The predicted molar refractivity (Wildman–Crippen MR) is 225 cm³/mol. The second-order valence-electron chi connectivity index (χ2n) is 22.9. The molecule has 3 heterocycles. The minimum Gasteiger partial charge on any atom is -0.481 e. The van der Waals surface area contributed by atoms with Gasteiger partial charge in [-0.2, -0.15) is 0 Å². The van der Waals surface area contributed by atoms with E-state index >= 15 is 0 Å². The van der Waals surface area contributed by atoms with Gasteiger partial charge >= 0.3 is 5.97 Å². The lowest BCUT2D eigenvalue weighted by Crippen LogP contribution is -2.67. The minimum absolute atomic E-state index is 0.00757. The van der Waals surface area contributed by atoms with Gasteiger partial charge in [0.2, 0.25) is 0 Å². The van der Waals surface area contributed by atoms with E-state index in [0.717, 1.165) is 44.9 Å². The Labute approximate surface area is 376 Å². The molecule has 3 saturated heterocycles. The highest BCUT2D eigenvalue weighted by Gasteiger charge is 2.70. The van der Waals surface area contributed by atoms with E-state index in [-0.39, 0.29) is 52.6 Å². The number of carboxylic acids is 1. The van der Waals surface area contributed by atoms with Crippen LogP contribution in [0, 0.1) is 50.2 Å². The van der Waals surface area contributed by atoms with Crippen molar-refractivity contribution in [3.8, 4) is 0 Å². The SMILES string of the molecule is C[C@@H]1O[C@@H](O[C@H]2[C@H](O[C@H]3CC[C@@]4(C)[C@@H](CC[C@]5(C)[C@@H]4CC=C4[C@@H]6CC(C)(C)CC[C@@]6(C(=O)O)CC[C@]45C)[C@]3(C)CO)OC[C@H](O[C@@H]3O[C@H](CO)[C@@H](O)[C@H](O)[C@H]3O)[C@@H]2O)[C@H](O)[C@H](O)[C@H]1O. The van der Waals surface area contributed by atoms with Crippen LogP contribution >= 0.6 is 0 Å². The van der Waals surface area contributed by atoms with Gasteiger partial charge in [-0.15, -0.1) is 0 Å². The fraction of sp³-hybridized carbons (Fsp3) is 0.936. The summed E-state index contributed by atoms with van der Waals surface area (Å²) in [6.07, 6.45) is -11.7. The second-order valence-corrected chi connectivity index (χ2v) is 22.9. The second kappa shape index (κ2) is 17.2. The molecule has 366 valence electrons. The van der Waals surface area contributed by atoms with Gasteiger partial charge in [0.1, 0.15) is 61.0 Å². The lowest BCUT2D eigenvalue weighted by atomic mass is 9.33. The number of aliphatic hydroxyl groups is 9.